The average molecular weight is 831 g/mol. The monoisotopic (exact) mass is 831 g/mol. The van der Waals surface area contributed by atoms with Gasteiger partial charge in [0.2, 0.25) is 11.8 Å². The lowest BCUT2D eigenvalue weighted by Crippen LogP contribution is -2.57. The highest BCUT2D eigenvalue weighted by atomic mass is 32.2. The zero-order valence-corrected chi connectivity index (χ0v) is 36.6. The fourth-order valence-electron chi connectivity index (χ4n) is 7.48. The number of carbonyl (C=O) groups excluding carboxylic acids is 2. The van der Waals surface area contributed by atoms with Gasteiger partial charge < -0.3 is 40.9 Å². The summed E-state index contributed by atoms with van der Waals surface area (Å²) in [4.78, 5) is 50.7. The fourth-order valence-corrected chi connectivity index (χ4v) is 8.71. The second-order valence-corrected chi connectivity index (χ2v) is 17.6. The van der Waals surface area contributed by atoms with Gasteiger partial charge in [0, 0.05) is 18.1 Å². The van der Waals surface area contributed by atoms with Gasteiger partial charge >= 0.3 is 11.9 Å². The summed E-state index contributed by atoms with van der Waals surface area (Å²) in [5.74, 6) is -4.14. The molecule has 57 heavy (non-hydrogen) atoms. The van der Waals surface area contributed by atoms with Crippen molar-refractivity contribution in [1.82, 2.24) is 10.6 Å². The third kappa shape index (κ3) is 25.3. The molecule has 0 aliphatic carbocycles. The molecule has 0 aromatic carbocycles. The van der Waals surface area contributed by atoms with Crippen molar-refractivity contribution in [3.63, 3.8) is 0 Å². The van der Waals surface area contributed by atoms with E-state index in [1.165, 1.54) is 116 Å². The highest BCUT2D eigenvalue weighted by Crippen LogP contribution is 2.29. The molecular formula is C44H82N2O10S. The third-order valence-electron chi connectivity index (χ3n) is 11.3. The van der Waals surface area contributed by atoms with E-state index in [1.54, 1.807) is 6.92 Å². The summed E-state index contributed by atoms with van der Waals surface area (Å²) >= 11 is 0.973. The maximum atomic E-state index is 14.0. The number of carbonyl (C=O) groups is 4. The molecule has 0 bridgehead atoms. The molecule has 7 atom stereocenters. The van der Waals surface area contributed by atoms with Crippen LogP contribution in [0, 0.1) is 5.92 Å². The number of aliphatic hydroxyl groups excluding tert-OH is 3. The summed E-state index contributed by atoms with van der Waals surface area (Å²) in [6.07, 6.45) is 24.5. The molecule has 0 aromatic heterocycles. The van der Waals surface area contributed by atoms with Crippen LogP contribution in [-0.4, -0.2) is 97.0 Å². The van der Waals surface area contributed by atoms with Crippen LogP contribution in [0.25, 0.3) is 0 Å². The van der Waals surface area contributed by atoms with Gasteiger partial charge in [-0.25, -0.2) is 4.79 Å². The standard InChI is InChI=1S/C44H82N2O10S/c1-4-6-8-10-12-14-16-18-20-22-24-26-28-34(29-27-25-23-21-19-17-15-13-11-9-7-5-2)41(52)46-36(42(53)45-35(43(54)55)30-31-37(47)48)32-57-44-40(51)39(50)38(49)33(3)56-44/h33-36,38-40,44,49-51H,4-32H2,1-3H3,(H,45,53)(H,46,52)(H,47,48)(H,54,55)/t33-,35+,36-,38+,39+,40-,44+/m0/s1. The SMILES string of the molecule is CCCCCCCCCCCCCCC(CCCCCCCCCCCCCC)C(=O)N[C@@H](CS[C@H]1O[C@@H](C)[C@@H](O)[C@@H](O)[C@@H]1O)C(=O)N[C@H](CCC(=O)O)C(=O)O. The molecule has 1 rings (SSSR count). The molecule has 7 N–H and O–H groups in total. The van der Waals surface area contributed by atoms with Gasteiger partial charge in [-0.3, -0.25) is 14.4 Å². The Morgan fingerprint density at radius 3 is 1.35 bits per heavy atom. The number of thioether (sulfide) groups is 1. The Kier molecular flexibility index (Phi) is 31.5. The van der Waals surface area contributed by atoms with Crippen molar-refractivity contribution in [2.45, 2.75) is 242 Å². The van der Waals surface area contributed by atoms with E-state index in [0.29, 0.717) is 12.8 Å². The van der Waals surface area contributed by atoms with E-state index in [9.17, 15) is 39.6 Å². The minimum Gasteiger partial charge on any atom is -0.481 e. The quantitative estimate of drug-likeness (QED) is 0.0297. The Bertz CT molecular complexity index is 1040. The van der Waals surface area contributed by atoms with E-state index in [2.05, 4.69) is 24.5 Å². The van der Waals surface area contributed by atoms with E-state index < -0.39 is 66.2 Å². The molecular weight excluding hydrogens is 749 g/mol. The number of rotatable bonds is 37. The maximum absolute atomic E-state index is 14.0. The number of amides is 2. The topological polar surface area (TPSA) is 203 Å². The number of carboxylic acid groups (broad SMARTS) is 2. The van der Waals surface area contributed by atoms with Crippen molar-refractivity contribution < 1.29 is 49.4 Å². The summed E-state index contributed by atoms with van der Waals surface area (Å²) in [7, 11) is 0. The van der Waals surface area contributed by atoms with Crippen molar-refractivity contribution in [1.29, 1.82) is 0 Å². The number of aliphatic hydroxyl groups is 3. The van der Waals surface area contributed by atoms with Crippen molar-refractivity contribution in [2.75, 3.05) is 5.75 Å². The predicted octanol–water partition coefficient (Wildman–Crippen LogP) is 8.26. The van der Waals surface area contributed by atoms with E-state index >= 15 is 0 Å². The minimum atomic E-state index is -1.48. The molecule has 1 fully saturated rings. The lowest BCUT2D eigenvalue weighted by atomic mass is 9.93. The molecule has 13 heteroatoms. The molecule has 1 saturated heterocycles. The Morgan fingerprint density at radius 1 is 0.544 bits per heavy atom. The second kappa shape index (κ2) is 33.9. The third-order valence-corrected chi connectivity index (χ3v) is 12.6. The van der Waals surface area contributed by atoms with Gasteiger partial charge in [-0.15, -0.1) is 11.8 Å². The van der Waals surface area contributed by atoms with E-state index in [0.717, 1.165) is 50.3 Å². The second-order valence-electron chi connectivity index (χ2n) is 16.5. The lowest BCUT2D eigenvalue weighted by Gasteiger charge is -2.39. The van der Waals surface area contributed by atoms with Crippen molar-refractivity contribution in [3.8, 4) is 0 Å². The normalized spacial score (nSPS) is 20.6. The summed E-state index contributed by atoms with van der Waals surface area (Å²) in [5, 5.41) is 55.2. The number of carboxylic acids is 2. The van der Waals surface area contributed by atoms with E-state index in [1.807, 2.05) is 0 Å². The highest BCUT2D eigenvalue weighted by molar-refractivity contribution is 7.99. The molecule has 0 saturated carbocycles. The van der Waals surface area contributed by atoms with Crippen LogP contribution >= 0.6 is 11.8 Å². The zero-order valence-electron chi connectivity index (χ0n) is 35.8. The van der Waals surface area contributed by atoms with Gasteiger partial charge in [-0.2, -0.15) is 0 Å². The summed E-state index contributed by atoms with van der Waals surface area (Å²) in [6, 6.07) is -2.71. The summed E-state index contributed by atoms with van der Waals surface area (Å²) < 4.78 is 5.70. The predicted molar refractivity (Wildman–Crippen MR) is 228 cm³/mol. The van der Waals surface area contributed by atoms with Gasteiger partial charge in [-0.1, -0.05) is 168 Å². The van der Waals surface area contributed by atoms with Crippen LogP contribution in [-0.2, 0) is 23.9 Å². The molecule has 0 spiro atoms. The first-order valence-electron chi connectivity index (χ1n) is 22.8. The Hall–Kier alpha value is -1.93. The van der Waals surface area contributed by atoms with E-state index in [4.69, 9.17) is 9.84 Å². The van der Waals surface area contributed by atoms with Gasteiger partial charge in [0.1, 0.15) is 35.8 Å². The Morgan fingerprint density at radius 2 is 0.947 bits per heavy atom. The van der Waals surface area contributed by atoms with Gasteiger partial charge in [0.15, 0.2) is 0 Å². The molecule has 0 radical (unpaired) electrons. The largest absolute Gasteiger partial charge is 0.481 e. The van der Waals surface area contributed by atoms with Crippen LogP contribution in [0.3, 0.4) is 0 Å². The lowest BCUT2D eigenvalue weighted by molar-refractivity contribution is -0.192. The van der Waals surface area contributed by atoms with Crippen molar-refractivity contribution >= 4 is 35.5 Å². The molecule has 334 valence electrons. The number of nitrogens with one attached hydrogen (secondary N) is 2. The first-order valence-corrected chi connectivity index (χ1v) is 23.8. The Balaban J connectivity index is 2.89. The van der Waals surface area contributed by atoms with Crippen LogP contribution in [0.5, 0.6) is 0 Å². The number of hydrogen-bond donors (Lipinski definition) is 7. The molecule has 1 heterocycles. The Labute approximate surface area is 348 Å². The number of aliphatic carboxylic acids is 2. The van der Waals surface area contributed by atoms with Crippen molar-refractivity contribution in [3.05, 3.63) is 0 Å². The maximum Gasteiger partial charge on any atom is 0.326 e. The number of hydrogen-bond acceptors (Lipinski definition) is 9. The summed E-state index contributed by atoms with van der Waals surface area (Å²) in [5.41, 5.74) is -1.02. The molecule has 12 nitrogen and oxygen atoms in total. The first-order chi connectivity index (χ1) is 27.4. The molecule has 1 aliphatic rings. The molecule has 0 unspecified atom stereocenters. The van der Waals surface area contributed by atoms with Crippen LogP contribution in [0.4, 0.5) is 0 Å². The van der Waals surface area contributed by atoms with Gasteiger partial charge in [-0.05, 0) is 26.2 Å². The zero-order chi connectivity index (χ0) is 42.3. The molecule has 1 aliphatic heterocycles. The highest BCUT2D eigenvalue weighted by Gasteiger charge is 2.42. The molecule has 0 aromatic rings. The van der Waals surface area contributed by atoms with Crippen molar-refractivity contribution in [2.24, 2.45) is 5.92 Å². The molecule has 2 amide bonds. The smallest absolute Gasteiger partial charge is 0.326 e. The van der Waals surface area contributed by atoms with Crippen LogP contribution in [0.2, 0.25) is 0 Å². The van der Waals surface area contributed by atoms with Gasteiger partial charge in [0.05, 0.1) is 6.10 Å². The van der Waals surface area contributed by atoms with Crippen LogP contribution in [0.15, 0.2) is 0 Å². The van der Waals surface area contributed by atoms with Crippen LogP contribution < -0.4 is 10.6 Å². The first kappa shape index (κ1) is 53.1. The average Bonchev–Trinajstić information content (AvgIpc) is 3.18. The number of ether oxygens (including phenoxy) is 1. The van der Waals surface area contributed by atoms with Crippen LogP contribution in [0.1, 0.15) is 201 Å². The minimum absolute atomic E-state index is 0.121. The van der Waals surface area contributed by atoms with E-state index in [-0.39, 0.29) is 24.0 Å². The van der Waals surface area contributed by atoms with Gasteiger partial charge in [0.25, 0.3) is 0 Å². The number of unbranched alkanes of at least 4 members (excludes halogenated alkanes) is 22. The fraction of sp³-hybridized carbons (Fsp3) is 0.909. The summed E-state index contributed by atoms with van der Waals surface area (Å²) in [6.45, 7) is 6.02.